The second-order valence-electron chi connectivity index (χ2n) is 6.85. The fraction of sp³-hybridized carbons (Fsp3) is 1.00. The van der Waals surface area contributed by atoms with E-state index in [0.29, 0.717) is 0 Å². The maximum absolute atomic E-state index is 6.50. The topological polar surface area (TPSA) is 32.5 Å². The van der Waals surface area contributed by atoms with E-state index >= 15 is 0 Å². The van der Waals surface area contributed by atoms with Crippen LogP contribution in [0.25, 0.3) is 0 Å². The predicted octanol–water partition coefficient (Wildman–Crippen LogP) is 1.92. The maximum atomic E-state index is 6.50. The zero-order valence-electron chi connectivity index (χ0n) is 12.3. The molecule has 1 unspecified atom stereocenters. The van der Waals surface area contributed by atoms with E-state index in [4.69, 9.17) is 5.73 Å². The van der Waals surface area contributed by atoms with Crippen LogP contribution in [0.3, 0.4) is 0 Å². The summed E-state index contributed by atoms with van der Waals surface area (Å²) >= 11 is 0. The van der Waals surface area contributed by atoms with Gasteiger partial charge in [0.1, 0.15) is 0 Å². The first-order valence-electron chi connectivity index (χ1n) is 7.73. The van der Waals surface area contributed by atoms with Crippen molar-refractivity contribution in [1.82, 2.24) is 9.80 Å². The first-order chi connectivity index (χ1) is 8.57. The molecule has 0 amide bonds. The summed E-state index contributed by atoms with van der Waals surface area (Å²) in [7, 11) is 4.50. The minimum atomic E-state index is 0.152. The standard InChI is InChI=1S/C15H31N3/c1-17-10-6-14(12-17)13-18(2)11-9-15(16)7-4-3-5-8-15/h14H,3-13,16H2,1-2H3. The summed E-state index contributed by atoms with van der Waals surface area (Å²) in [6.07, 6.45) is 9.12. The van der Waals surface area contributed by atoms with E-state index in [1.807, 2.05) is 0 Å². The summed E-state index contributed by atoms with van der Waals surface area (Å²) in [6, 6.07) is 0. The van der Waals surface area contributed by atoms with E-state index in [0.717, 1.165) is 5.92 Å². The van der Waals surface area contributed by atoms with Crippen molar-refractivity contribution in [3.8, 4) is 0 Å². The van der Waals surface area contributed by atoms with Gasteiger partial charge in [0.25, 0.3) is 0 Å². The first-order valence-corrected chi connectivity index (χ1v) is 7.73. The molecule has 3 heteroatoms. The monoisotopic (exact) mass is 253 g/mol. The van der Waals surface area contributed by atoms with Crippen molar-refractivity contribution < 1.29 is 0 Å². The van der Waals surface area contributed by atoms with E-state index in [-0.39, 0.29) is 5.54 Å². The largest absolute Gasteiger partial charge is 0.325 e. The minimum Gasteiger partial charge on any atom is -0.325 e. The van der Waals surface area contributed by atoms with Crippen molar-refractivity contribution in [2.45, 2.75) is 50.5 Å². The summed E-state index contributed by atoms with van der Waals surface area (Å²) in [6.45, 7) is 4.98. The third-order valence-electron chi connectivity index (χ3n) is 4.90. The predicted molar refractivity (Wildman–Crippen MR) is 77.7 cm³/mol. The Morgan fingerprint density at radius 3 is 2.61 bits per heavy atom. The molecular formula is C15H31N3. The van der Waals surface area contributed by atoms with Crippen molar-refractivity contribution in [2.75, 3.05) is 40.3 Å². The quantitative estimate of drug-likeness (QED) is 0.812. The van der Waals surface area contributed by atoms with Crippen LogP contribution in [0.1, 0.15) is 44.9 Å². The molecule has 1 saturated heterocycles. The molecule has 18 heavy (non-hydrogen) atoms. The highest BCUT2D eigenvalue weighted by atomic mass is 15.1. The summed E-state index contributed by atoms with van der Waals surface area (Å²) in [5.41, 5.74) is 6.65. The average molecular weight is 253 g/mol. The van der Waals surface area contributed by atoms with Crippen molar-refractivity contribution in [1.29, 1.82) is 0 Å². The number of likely N-dealkylation sites (tertiary alicyclic amines) is 1. The Morgan fingerprint density at radius 2 is 2.00 bits per heavy atom. The van der Waals surface area contributed by atoms with E-state index in [2.05, 4.69) is 23.9 Å². The molecule has 0 spiro atoms. The zero-order valence-corrected chi connectivity index (χ0v) is 12.3. The minimum absolute atomic E-state index is 0.152. The van der Waals surface area contributed by atoms with Gasteiger partial charge < -0.3 is 15.5 Å². The van der Waals surface area contributed by atoms with Crippen molar-refractivity contribution >= 4 is 0 Å². The van der Waals surface area contributed by atoms with Gasteiger partial charge in [-0.15, -0.1) is 0 Å². The molecule has 1 atom stereocenters. The van der Waals surface area contributed by atoms with Crippen LogP contribution >= 0.6 is 0 Å². The lowest BCUT2D eigenvalue weighted by molar-refractivity contribution is 0.213. The number of nitrogens with two attached hydrogens (primary N) is 1. The Balaban J connectivity index is 1.66. The van der Waals surface area contributed by atoms with E-state index in [9.17, 15) is 0 Å². The van der Waals surface area contributed by atoms with Gasteiger partial charge in [0.05, 0.1) is 0 Å². The lowest BCUT2D eigenvalue weighted by Gasteiger charge is -2.35. The highest BCUT2D eigenvalue weighted by Gasteiger charge is 2.28. The molecule has 1 saturated carbocycles. The summed E-state index contributed by atoms with van der Waals surface area (Å²) in [5, 5.41) is 0. The van der Waals surface area contributed by atoms with E-state index in [1.54, 1.807) is 0 Å². The van der Waals surface area contributed by atoms with Gasteiger partial charge in [-0.3, -0.25) is 0 Å². The van der Waals surface area contributed by atoms with Crippen LogP contribution in [-0.4, -0.2) is 55.6 Å². The molecule has 3 nitrogen and oxygen atoms in total. The second-order valence-corrected chi connectivity index (χ2v) is 6.85. The summed E-state index contributed by atoms with van der Waals surface area (Å²) < 4.78 is 0. The van der Waals surface area contributed by atoms with Crippen LogP contribution in [0.2, 0.25) is 0 Å². The molecule has 0 aromatic rings. The SMILES string of the molecule is CN1CCC(CN(C)CCC2(N)CCCCC2)C1. The molecule has 2 rings (SSSR count). The Labute approximate surface area is 113 Å². The summed E-state index contributed by atoms with van der Waals surface area (Å²) in [4.78, 5) is 4.96. The third-order valence-corrected chi connectivity index (χ3v) is 4.90. The third kappa shape index (κ3) is 4.22. The van der Waals surface area contributed by atoms with Crippen molar-refractivity contribution in [3.63, 3.8) is 0 Å². The van der Waals surface area contributed by atoms with Crippen molar-refractivity contribution in [3.05, 3.63) is 0 Å². The maximum Gasteiger partial charge on any atom is 0.0166 e. The van der Waals surface area contributed by atoms with E-state index in [1.165, 1.54) is 71.1 Å². The van der Waals surface area contributed by atoms with Gasteiger partial charge in [-0.05, 0) is 58.8 Å². The second kappa shape index (κ2) is 6.36. The molecule has 0 aromatic carbocycles. The molecule has 2 N–H and O–H groups in total. The molecule has 2 fully saturated rings. The molecule has 0 aromatic heterocycles. The molecule has 0 radical (unpaired) electrons. The molecule has 1 heterocycles. The van der Waals surface area contributed by atoms with Crippen LogP contribution in [-0.2, 0) is 0 Å². The molecule has 106 valence electrons. The van der Waals surface area contributed by atoms with Crippen molar-refractivity contribution in [2.24, 2.45) is 11.7 Å². The lowest BCUT2D eigenvalue weighted by Crippen LogP contribution is -2.44. The van der Waals surface area contributed by atoms with Gasteiger partial charge in [0, 0.05) is 18.6 Å². The molecular weight excluding hydrogens is 222 g/mol. The number of hydrogen-bond acceptors (Lipinski definition) is 3. The Morgan fingerprint density at radius 1 is 1.28 bits per heavy atom. The Bertz CT molecular complexity index is 248. The van der Waals surface area contributed by atoms with Crippen LogP contribution < -0.4 is 5.73 Å². The Hall–Kier alpha value is -0.120. The molecule has 2 aliphatic rings. The first kappa shape index (κ1) is 14.3. The van der Waals surface area contributed by atoms with Crippen LogP contribution in [0.4, 0.5) is 0 Å². The normalized spacial score (nSPS) is 29.0. The van der Waals surface area contributed by atoms with Crippen LogP contribution in [0.15, 0.2) is 0 Å². The molecule has 0 bridgehead atoms. The van der Waals surface area contributed by atoms with Crippen LogP contribution in [0.5, 0.6) is 0 Å². The molecule has 1 aliphatic carbocycles. The van der Waals surface area contributed by atoms with Gasteiger partial charge in [-0.2, -0.15) is 0 Å². The smallest absolute Gasteiger partial charge is 0.0166 e. The van der Waals surface area contributed by atoms with Gasteiger partial charge in [0.2, 0.25) is 0 Å². The Kier molecular flexibility index (Phi) is 5.05. The number of nitrogens with zero attached hydrogens (tertiary/aromatic N) is 2. The van der Waals surface area contributed by atoms with Gasteiger partial charge >= 0.3 is 0 Å². The number of hydrogen-bond donors (Lipinski definition) is 1. The summed E-state index contributed by atoms with van der Waals surface area (Å²) in [5.74, 6) is 0.875. The zero-order chi connectivity index (χ0) is 13.0. The fourth-order valence-electron chi connectivity index (χ4n) is 3.63. The highest BCUT2D eigenvalue weighted by Crippen LogP contribution is 2.28. The molecule has 1 aliphatic heterocycles. The van der Waals surface area contributed by atoms with Gasteiger partial charge in [-0.25, -0.2) is 0 Å². The van der Waals surface area contributed by atoms with Gasteiger partial charge in [0.15, 0.2) is 0 Å². The van der Waals surface area contributed by atoms with E-state index < -0.39 is 0 Å². The highest BCUT2D eigenvalue weighted by molar-refractivity contribution is 4.88. The van der Waals surface area contributed by atoms with Gasteiger partial charge in [-0.1, -0.05) is 19.3 Å². The fourth-order valence-corrected chi connectivity index (χ4v) is 3.63. The average Bonchev–Trinajstić information content (AvgIpc) is 2.73. The van der Waals surface area contributed by atoms with Crippen LogP contribution in [0, 0.1) is 5.92 Å². The lowest BCUT2D eigenvalue weighted by atomic mass is 9.80. The number of rotatable bonds is 5.